The predicted molar refractivity (Wildman–Crippen MR) is 145 cm³/mol. The molecule has 1 amide bonds. The molecule has 0 radical (unpaired) electrons. The molecule has 0 aliphatic carbocycles. The van der Waals surface area contributed by atoms with Crippen molar-refractivity contribution in [2.24, 2.45) is 0 Å². The molecule has 0 bridgehead atoms. The topological polar surface area (TPSA) is 138 Å². The number of carbonyl (C=O) groups excluding carboxylic acids is 1. The highest BCUT2D eigenvalue weighted by Gasteiger charge is 2.34. The second-order valence-electron chi connectivity index (χ2n) is 9.36. The van der Waals surface area contributed by atoms with Crippen molar-refractivity contribution in [3.63, 3.8) is 0 Å². The van der Waals surface area contributed by atoms with E-state index in [-0.39, 0.29) is 37.0 Å². The first-order valence-electron chi connectivity index (χ1n) is 12.7. The summed E-state index contributed by atoms with van der Waals surface area (Å²) in [5, 5.41) is 12.8. The van der Waals surface area contributed by atoms with Crippen molar-refractivity contribution in [3.8, 4) is 11.4 Å². The van der Waals surface area contributed by atoms with Gasteiger partial charge < -0.3 is 24.6 Å². The van der Waals surface area contributed by atoms with E-state index in [0.717, 1.165) is 12.3 Å². The Hall–Kier alpha value is -4.72. The van der Waals surface area contributed by atoms with E-state index in [4.69, 9.17) is 16.0 Å². The summed E-state index contributed by atoms with van der Waals surface area (Å²) < 4.78 is 44.5. The van der Waals surface area contributed by atoms with Crippen LogP contribution in [0, 0.1) is 0 Å². The van der Waals surface area contributed by atoms with Gasteiger partial charge >= 0.3 is 12.1 Å². The highest BCUT2D eigenvalue weighted by Crippen LogP contribution is 2.29. The first-order chi connectivity index (χ1) is 20.1. The molecule has 1 saturated heterocycles. The number of carboxylic acid groups (broad SMARTS) is 1. The summed E-state index contributed by atoms with van der Waals surface area (Å²) in [6.45, 7) is 1.24. The van der Waals surface area contributed by atoms with Gasteiger partial charge in [0, 0.05) is 49.9 Å². The molecule has 4 aromatic rings. The Bertz CT molecular complexity index is 1560. The standard InChI is InChI=1S/C27H23ClF3N7O4/c28-18-3-1-16(2-4-18)13-20(25(40)41)34-24(39)19-14-22(36-23(33-19)17-6-12-42-15-17)37-8-10-38(11-9-37)26-32-7-5-21(35-26)27(29,30)31/h1-7,12,14-15,20H,8-11,13H2,(H,34,39)(H,40,41). The minimum atomic E-state index is -4.59. The van der Waals surface area contributed by atoms with Gasteiger partial charge in [-0.05, 0) is 29.8 Å². The molecule has 5 rings (SSSR count). The number of aliphatic carboxylic acids is 1. The molecular formula is C27H23ClF3N7O4. The second-order valence-corrected chi connectivity index (χ2v) is 9.79. The lowest BCUT2D eigenvalue weighted by Gasteiger charge is -2.35. The van der Waals surface area contributed by atoms with Crippen LogP contribution in [0.3, 0.4) is 0 Å². The summed E-state index contributed by atoms with van der Waals surface area (Å²) >= 11 is 5.91. The minimum absolute atomic E-state index is 0.0182. The smallest absolute Gasteiger partial charge is 0.433 e. The van der Waals surface area contributed by atoms with Crippen LogP contribution >= 0.6 is 11.6 Å². The van der Waals surface area contributed by atoms with Crippen LogP contribution in [0.1, 0.15) is 21.7 Å². The van der Waals surface area contributed by atoms with Crippen molar-refractivity contribution in [1.82, 2.24) is 25.3 Å². The number of piperazine rings is 1. The molecular weight excluding hydrogens is 579 g/mol. The molecule has 218 valence electrons. The maximum atomic E-state index is 13.3. The lowest BCUT2D eigenvalue weighted by Crippen LogP contribution is -2.47. The van der Waals surface area contributed by atoms with Gasteiger partial charge in [-0.3, -0.25) is 4.79 Å². The van der Waals surface area contributed by atoms with E-state index in [9.17, 15) is 27.9 Å². The number of amides is 1. The summed E-state index contributed by atoms with van der Waals surface area (Å²) in [6.07, 6.45) is -0.670. The first-order valence-corrected chi connectivity index (χ1v) is 13.0. The molecule has 2 N–H and O–H groups in total. The molecule has 4 heterocycles. The van der Waals surface area contributed by atoms with Crippen molar-refractivity contribution in [1.29, 1.82) is 0 Å². The summed E-state index contributed by atoms with van der Waals surface area (Å²) in [6, 6.07) is 9.23. The largest absolute Gasteiger partial charge is 0.480 e. The third-order valence-corrected chi connectivity index (χ3v) is 6.75. The van der Waals surface area contributed by atoms with Gasteiger partial charge in [0.25, 0.3) is 5.91 Å². The SMILES string of the molecule is O=C(NC(Cc1ccc(Cl)cc1)C(=O)O)c1cc(N2CCN(c3nccc(C(F)(F)F)n3)CC2)nc(-c2ccoc2)n1. The fourth-order valence-corrected chi connectivity index (χ4v) is 4.44. The van der Waals surface area contributed by atoms with Crippen LogP contribution in [0.5, 0.6) is 0 Å². The quantitative estimate of drug-likeness (QED) is 0.305. The molecule has 42 heavy (non-hydrogen) atoms. The van der Waals surface area contributed by atoms with E-state index in [1.165, 1.54) is 18.6 Å². The number of halogens is 4. The zero-order chi connectivity index (χ0) is 29.9. The Balaban J connectivity index is 1.35. The third-order valence-electron chi connectivity index (χ3n) is 6.50. The maximum Gasteiger partial charge on any atom is 0.433 e. The highest BCUT2D eigenvalue weighted by molar-refractivity contribution is 6.30. The Morgan fingerprint density at radius 2 is 1.74 bits per heavy atom. The molecule has 1 aliphatic heterocycles. The van der Waals surface area contributed by atoms with Gasteiger partial charge in [0.1, 0.15) is 29.5 Å². The van der Waals surface area contributed by atoms with Gasteiger partial charge in [0.15, 0.2) is 5.82 Å². The zero-order valence-electron chi connectivity index (χ0n) is 21.8. The Morgan fingerprint density at radius 1 is 1.02 bits per heavy atom. The van der Waals surface area contributed by atoms with Crippen LogP contribution in [0.25, 0.3) is 11.4 Å². The molecule has 1 aliphatic rings. The number of aromatic nitrogens is 4. The van der Waals surface area contributed by atoms with Crippen molar-refractivity contribution in [2.45, 2.75) is 18.6 Å². The number of hydrogen-bond acceptors (Lipinski definition) is 9. The van der Waals surface area contributed by atoms with Gasteiger partial charge in [0.05, 0.1) is 11.8 Å². The van der Waals surface area contributed by atoms with Gasteiger partial charge in [-0.1, -0.05) is 23.7 Å². The number of nitrogens with zero attached hydrogens (tertiary/aromatic N) is 6. The number of hydrogen-bond donors (Lipinski definition) is 2. The fraction of sp³-hybridized carbons (Fsp3) is 0.259. The molecule has 1 unspecified atom stereocenters. The number of carbonyl (C=O) groups is 2. The zero-order valence-corrected chi connectivity index (χ0v) is 22.5. The third kappa shape index (κ3) is 6.77. The van der Waals surface area contributed by atoms with Gasteiger partial charge in [-0.2, -0.15) is 13.2 Å². The lowest BCUT2D eigenvalue weighted by atomic mass is 10.1. The summed E-state index contributed by atoms with van der Waals surface area (Å²) in [5.41, 5.74) is 0.0686. The minimum Gasteiger partial charge on any atom is -0.480 e. The number of alkyl halides is 3. The van der Waals surface area contributed by atoms with Gasteiger partial charge in [-0.25, -0.2) is 24.7 Å². The van der Waals surface area contributed by atoms with Crippen molar-refractivity contribution in [3.05, 3.63) is 83.2 Å². The monoisotopic (exact) mass is 601 g/mol. The number of benzene rings is 1. The van der Waals surface area contributed by atoms with E-state index in [0.29, 0.717) is 35.1 Å². The lowest BCUT2D eigenvalue weighted by molar-refractivity contribution is -0.141. The average molecular weight is 602 g/mol. The van der Waals surface area contributed by atoms with Crippen molar-refractivity contribution in [2.75, 3.05) is 36.0 Å². The second kappa shape index (κ2) is 12.0. The Morgan fingerprint density at radius 3 is 2.38 bits per heavy atom. The van der Waals surface area contributed by atoms with Crippen LogP contribution in [0.2, 0.25) is 5.02 Å². The van der Waals surface area contributed by atoms with Crippen molar-refractivity contribution < 1.29 is 32.3 Å². The first kappa shape index (κ1) is 28.8. The van der Waals surface area contributed by atoms with E-state index in [1.54, 1.807) is 35.2 Å². The van der Waals surface area contributed by atoms with Crippen LogP contribution < -0.4 is 15.1 Å². The molecule has 0 spiro atoms. The summed E-state index contributed by atoms with van der Waals surface area (Å²) in [4.78, 5) is 45.2. The summed E-state index contributed by atoms with van der Waals surface area (Å²) in [7, 11) is 0. The highest BCUT2D eigenvalue weighted by atomic mass is 35.5. The van der Waals surface area contributed by atoms with Gasteiger partial charge in [-0.15, -0.1) is 0 Å². The van der Waals surface area contributed by atoms with Gasteiger partial charge in [0.2, 0.25) is 5.95 Å². The number of nitrogens with one attached hydrogen (secondary N) is 1. The van der Waals surface area contributed by atoms with Crippen molar-refractivity contribution >= 4 is 35.2 Å². The molecule has 1 fully saturated rings. The predicted octanol–water partition coefficient (Wildman–Crippen LogP) is 3.95. The number of rotatable bonds is 8. The summed E-state index contributed by atoms with van der Waals surface area (Å²) in [5.74, 6) is -1.43. The molecule has 3 aromatic heterocycles. The van der Waals surface area contributed by atoms with Crippen LogP contribution in [0.4, 0.5) is 24.9 Å². The van der Waals surface area contributed by atoms with Crippen LogP contribution in [-0.2, 0) is 17.4 Å². The molecule has 1 aromatic carbocycles. The Kier molecular flexibility index (Phi) is 8.24. The van der Waals surface area contributed by atoms with Crippen LogP contribution in [0.15, 0.2) is 65.6 Å². The number of anilines is 2. The van der Waals surface area contributed by atoms with E-state index >= 15 is 0 Å². The van der Waals surface area contributed by atoms with Crippen LogP contribution in [-0.4, -0.2) is 69.1 Å². The maximum absolute atomic E-state index is 13.3. The molecule has 15 heteroatoms. The molecule has 11 nitrogen and oxygen atoms in total. The molecule has 0 saturated carbocycles. The Labute approximate surface area is 242 Å². The fourth-order valence-electron chi connectivity index (χ4n) is 4.32. The van der Waals surface area contributed by atoms with E-state index < -0.39 is 29.8 Å². The van der Waals surface area contributed by atoms with E-state index in [1.807, 2.05) is 4.90 Å². The number of furan rings is 1. The average Bonchev–Trinajstić information content (AvgIpc) is 3.53. The normalized spacial score (nSPS) is 14.5. The molecule has 1 atom stereocenters. The number of carboxylic acids is 1. The van der Waals surface area contributed by atoms with E-state index in [2.05, 4.69) is 25.3 Å².